The molecule has 0 aliphatic rings. The standard InChI is InChI=1S/C31H54N12O11/c1-16(2)21(44)9-10-22(45)40-20(8-12-25(49)50)29(54)43-19(7-11-24(47)48)27(52)39-15-23(46)41-18(6-4-14-38-31(35)36)28(53)42-17(26(32)51)5-3-13-37-30(33)34/h16-20H,3-15H2,1-2H3,(H2,32,51)(H,39,52)(H,40,45)(H,41,46)(H,42,53)(H,43,54)(H,47,48)(H,49,50)(H4,33,34,37)(H4,35,36,38). The maximum Gasteiger partial charge on any atom is 0.303 e. The maximum absolute atomic E-state index is 13.2. The van der Waals surface area contributed by atoms with E-state index in [9.17, 15) is 48.3 Å². The molecule has 4 atom stereocenters. The summed E-state index contributed by atoms with van der Waals surface area (Å²) in [4.78, 5) is 119. The molecule has 4 unspecified atom stereocenters. The lowest BCUT2D eigenvalue weighted by Crippen LogP contribution is -2.56. The van der Waals surface area contributed by atoms with Crippen LogP contribution in [-0.2, 0) is 43.2 Å². The molecule has 54 heavy (non-hydrogen) atoms. The Morgan fingerprint density at radius 2 is 0.963 bits per heavy atom. The van der Waals surface area contributed by atoms with Gasteiger partial charge in [0.15, 0.2) is 11.9 Å². The molecule has 304 valence electrons. The van der Waals surface area contributed by atoms with E-state index in [1.54, 1.807) is 13.8 Å². The zero-order chi connectivity index (χ0) is 41.4. The lowest BCUT2D eigenvalue weighted by Gasteiger charge is -2.23. The number of guanidine groups is 2. The van der Waals surface area contributed by atoms with E-state index in [0.29, 0.717) is 0 Å². The van der Waals surface area contributed by atoms with Gasteiger partial charge in [-0.2, -0.15) is 0 Å². The third-order valence-electron chi connectivity index (χ3n) is 7.45. The highest BCUT2D eigenvalue weighted by Crippen LogP contribution is 2.07. The Labute approximate surface area is 311 Å². The van der Waals surface area contributed by atoms with Crippen LogP contribution in [0.15, 0.2) is 9.98 Å². The first-order valence-electron chi connectivity index (χ1n) is 17.1. The smallest absolute Gasteiger partial charge is 0.303 e. The van der Waals surface area contributed by atoms with Gasteiger partial charge in [0, 0.05) is 44.7 Å². The normalized spacial score (nSPS) is 12.8. The number of hydrogen-bond donors (Lipinski definition) is 12. The van der Waals surface area contributed by atoms with E-state index in [1.807, 2.05) is 0 Å². The summed E-state index contributed by atoms with van der Waals surface area (Å²) in [6.45, 7) is 2.74. The second-order valence-corrected chi connectivity index (χ2v) is 12.4. The van der Waals surface area contributed by atoms with E-state index >= 15 is 0 Å². The number of carbonyl (C=O) groups is 9. The van der Waals surface area contributed by atoms with Gasteiger partial charge in [-0.25, -0.2) is 0 Å². The number of nitrogens with two attached hydrogens (primary N) is 5. The number of aliphatic carboxylic acids is 2. The van der Waals surface area contributed by atoms with Crippen molar-refractivity contribution in [3.05, 3.63) is 0 Å². The van der Waals surface area contributed by atoms with Gasteiger partial charge in [-0.15, -0.1) is 0 Å². The minimum Gasteiger partial charge on any atom is -0.481 e. The van der Waals surface area contributed by atoms with E-state index in [2.05, 4.69) is 36.6 Å². The van der Waals surface area contributed by atoms with Crippen molar-refractivity contribution in [2.45, 2.75) is 102 Å². The molecule has 0 heterocycles. The van der Waals surface area contributed by atoms with Crippen molar-refractivity contribution in [1.82, 2.24) is 26.6 Å². The highest BCUT2D eigenvalue weighted by molar-refractivity contribution is 5.95. The molecule has 0 saturated carbocycles. The fourth-order valence-corrected chi connectivity index (χ4v) is 4.51. The Balaban J connectivity index is 5.81. The lowest BCUT2D eigenvalue weighted by molar-refractivity contribution is -0.139. The van der Waals surface area contributed by atoms with Gasteiger partial charge < -0.3 is 65.5 Å². The molecule has 23 nitrogen and oxygen atoms in total. The van der Waals surface area contributed by atoms with Crippen LogP contribution >= 0.6 is 0 Å². The Kier molecular flexibility index (Phi) is 23.0. The Hall–Kier alpha value is -6.03. The fourth-order valence-electron chi connectivity index (χ4n) is 4.51. The van der Waals surface area contributed by atoms with Crippen LogP contribution < -0.4 is 55.3 Å². The van der Waals surface area contributed by atoms with Crippen LogP contribution in [0.1, 0.15) is 78.1 Å². The van der Waals surface area contributed by atoms with Gasteiger partial charge >= 0.3 is 11.9 Å². The second kappa shape index (κ2) is 25.8. The summed E-state index contributed by atoms with van der Waals surface area (Å²) in [7, 11) is 0. The molecule has 0 aromatic heterocycles. The number of amides is 6. The Morgan fingerprint density at radius 3 is 1.41 bits per heavy atom. The Bertz CT molecular complexity index is 1400. The van der Waals surface area contributed by atoms with Gasteiger partial charge in [0.05, 0.1) is 6.54 Å². The van der Waals surface area contributed by atoms with E-state index in [1.165, 1.54) is 0 Å². The van der Waals surface area contributed by atoms with Crippen LogP contribution in [0.2, 0.25) is 0 Å². The summed E-state index contributed by atoms with van der Waals surface area (Å²) in [5.41, 5.74) is 26.7. The minimum absolute atomic E-state index is 0.0336. The summed E-state index contributed by atoms with van der Waals surface area (Å²) >= 11 is 0. The summed E-state index contributed by atoms with van der Waals surface area (Å²) in [5.74, 6) is -8.91. The molecule has 0 aromatic rings. The van der Waals surface area contributed by atoms with Crippen LogP contribution in [0.5, 0.6) is 0 Å². The predicted molar refractivity (Wildman–Crippen MR) is 193 cm³/mol. The molecule has 0 bridgehead atoms. The number of rotatable bonds is 28. The topological polar surface area (TPSA) is 409 Å². The lowest BCUT2D eigenvalue weighted by atomic mass is 10.0. The van der Waals surface area contributed by atoms with Crippen LogP contribution in [0, 0.1) is 5.92 Å². The number of primary amides is 1. The highest BCUT2D eigenvalue weighted by atomic mass is 16.4. The summed E-state index contributed by atoms with van der Waals surface area (Å²) in [6, 6.07) is -5.48. The molecule has 0 aromatic carbocycles. The molecular formula is C31H54N12O11. The van der Waals surface area contributed by atoms with Gasteiger partial charge in [0.25, 0.3) is 0 Å². The number of Topliss-reactive ketones (excluding diaryl/α,β-unsaturated/α-hetero) is 1. The third-order valence-corrected chi connectivity index (χ3v) is 7.45. The number of hydrogen-bond acceptors (Lipinski definition) is 11. The number of nitrogens with one attached hydrogen (secondary N) is 5. The molecule has 6 amide bonds. The summed E-state index contributed by atoms with van der Waals surface area (Å²) in [5, 5.41) is 30.1. The van der Waals surface area contributed by atoms with Crippen LogP contribution in [0.25, 0.3) is 0 Å². The van der Waals surface area contributed by atoms with Crippen molar-refractivity contribution in [2.24, 2.45) is 44.6 Å². The van der Waals surface area contributed by atoms with Crippen LogP contribution in [-0.4, -0.2) is 119 Å². The van der Waals surface area contributed by atoms with E-state index < -0.39 is 104 Å². The average molecular weight is 771 g/mol. The largest absolute Gasteiger partial charge is 0.481 e. The quantitative estimate of drug-likeness (QED) is 0.0202. The SMILES string of the molecule is CC(C)C(=O)CCC(=O)NC(CCC(=O)O)C(=O)NC(CCC(=O)O)C(=O)NCC(=O)NC(CCCN=C(N)N)C(=O)NC(CCCN=C(N)N)C(N)=O. The summed E-state index contributed by atoms with van der Waals surface area (Å²) in [6.07, 6.45) is -1.98. The molecule has 17 N–H and O–H groups in total. The molecular weight excluding hydrogens is 716 g/mol. The van der Waals surface area contributed by atoms with Gasteiger partial charge in [0.2, 0.25) is 35.4 Å². The van der Waals surface area contributed by atoms with E-state index in [-0.39, 0.29) is 75.2 Å². The molecule has 0 radical (unpaired) electrons. The highest BCUT2D eigenvalue weighted by Gasteiger charge is 2.29. The molecule has 0 aliphatic carbocycles. The monoisotopic (exact) mass is 770 g/mol. The van der Waals surface area contributed by atoms with Crippen molar-refractivity contribution >= 4 is 65.1 Å². The first-order chi connectivity index (χ1) is 25.2. The van der Waals surface area contributed by atoms with Gasteiger partial charge in [0.1, 0.15) is 30.0 Å². The number of aliphatic imine (C=N–C) groups is 2. The van der Waals surface area contributed by atoms with Crippen molar-refractivity contribution < 1.29 is 53.4 Å². The maximum atomic E-state index is 13.2. The van der Waals surface area contributed by atoms with Crippen LogP contribution in [0.3, 0.4) is 0 Å². The first kappa shape index (κ1) is 48.0. The zero-order valence-electron chi connectivity index (χ0n) is 30.4. The molecule has 0 aliphatic heterocycles. The van der Waals surface area contributed by atoms with Crippen molar-refractivity contribution in [3.8, 4) is 0 Å². The van der Waals surface area contributed by atoms with Crippen molar-refractivity contribution in [1.29, 1.82) is 0 Å². The minimum atomic E-state index is -1.57. The fraction of sp³-hybridized carbons (Fsp3) is 0.645. The van der Waals surface area contributed by atoms with Crippen molar-refractivity contribution in [2.75, 3.05) is 19.6 Å². The van der Waals surface area contributed by atoms with Crippen LogP contribution in [0.4, 0.5) is 0 Å². The second-order valence-electron chi connectivity index (χ2n) is 12.4. The van der Waals surface area contributed by atoms with E-state index in [4.69, 9.17) is 33.8 Å². The molecule has 0 rings (SSSR count). The molecule has 23 heteroatoms. The molecule has 0 spiro atoms. The predicted octanol–water partition coefficient (Wildman–Crippen LogP) is -4.63. The number of nitrogens with zero attached hydrogens (tertiary/aromatic N) is 2. The first-order valence-corrected chi connectivity index (χ1v) is 17.1. The number of carboxylic acids is 2. The third kappa shape index (κ3) is 22.7. The Morgan fingerprint density at radius 1 is 0.537 bits per heavy atom. The number of carbonyl (C=O) groups excluding carboxylic acids is 7. The van der Waals surface area contributed by atoms with Gasteiger partial charge in [-0.05, 0) is 38.5 Å². The zero-order valence-corrected chi connectivity index (χ0v) is 30.4. The number of ketones is 1. The van der Waals surface area contributed by atoms with Gasteiger partial charge in [-0.1, -0.05) is 13.8 Å². The summed E-state index contributed by atoms with van der Waals surface area (Å²) < 4.78 is 0. The molecule has 0 fully saturated rings. The van der Waals surface area contributed by atoms with Crippen molar-refractivity contribution in [3.63, 3.8) is 0 Å². The number of carboxylic acid groups (broad SMARTS) is 2. The molecule has 0 saturated heterocycles. The van der Waals surface area contributed by atoms with E-state index in [0.717, 1.165) is 0 Å². The average Bonchev–Trinajstić information content (AvgIpc) is 3.07. The van der Waals surface area contributed by atoms with Gasteiger partial charge in [-0.3, -0.25) is 53.1 Å².